The third-order valence-corrected chi connectivity index (χ3v) is 3.70. The van der Waals surface area contributed by atoms with E-state index in [1.807, 2.05) is 13.8 Å². The van der Waals surface area contributed by atoms with Gasteiger partial charge in [-0.2, -0.15) is 0 Å². The quantitative estimate of drug-likeness (QED) is 0.849. The van der Waals surface area contributed by atoms with Crippen LogP contribution in [0.2, 0.25) is 0 Å². The Labute approximate surface area is 118 Å². The minimum absolute atomic E-state index is 0.0884. The van der Waals surface area contributed by atoms with Gasteiger partial charge in [0.2, 0.25) is 6.10 Å². The first kappa shape index (κ1) is 14.5. The van der Waals surface area contributed by atoms with Crippen molar-refractivity contribution >= 4 is 11.6 Å². The van der Waals surface area contributed by atoms with Crippen molar-refractivity contribution in [2.45, 2.75) is 38.8 Å². The third-order valence-electron chi connectivity index (χ3n) is 3.70. The van der Waals surface area contributed by atoms with Crippen molar-refractivity contribution in [1.82, 2.24) is 4.90 Å². The summed E-state index contributed by atoms with van der Waals surface area (Å²) in [6.45, 7) is 4.01. The van der Waals surface area contributed by atoms with E-state index in [1.165, 1.54) is 12.1 Å². The Morgan fingerprint density at radius 2 is 2.35 bits per heavy atom. The molecule has 1 aromatic rings. The lowest BCUT2D eigenvalue weighted by molar-refractivity contribution is -0.142. The molecular formula is C15H19FN2O2. The van der Waals surface area contributed by atoms with Gasteiger partial charge in [-0.05, 0) is 25.5 Å². The molecule has 2 rings (SSSR count). The lowest BCUT2D eigenvalue weighted by Crippen LogP contribution is -2.41. The van der Waals surface area contributed by atoms with Crippen LogP contribution >= 0.6 is 0 Å². The summed E-state index contributed by atoms with van der Waals surface area (Å²) in [5, 5.41) is 3.92. The SMILES string of the molecule is CC[C@H](C)N(C)C(=O)[C@H]1CC(c2cccc(F)c2)=NO1. The summed E-state index contributed by atoms with van der Waals surface area (Å²) in [7, 11) is 1.76. The van der Waals surface area contributed by atoms with Gasteiger partial charge in [-0.1, -0.05) is 24.2 Å². The molecule has 1 aliphatic rings. The zero-order chi connectivity index (χ0) is 14.7. The lowest BCUT2D eigenvalue weighted by Gasteiger charge is -2.25. The number of rotatable bonds is 4. The van der Waals surface area contributed by atoms with E-state index >= 15 is 0 Å². The molecule has 5 heteroatoms. The topological polar surface area (TPSA) is 41.9 Å². The fourth-order valence-electron chi connectivity index (χ4n) is 2.07. The van der Waals surface area contributed by atoms with Crippen LogP contribution in [0.5, 0.6) is 0 Å². The predicted molar refractivity (Wildman–Crippen MR) is 75.0 cm³/mol. The van der Waals surface area contributed by atoms with Gasteiger partial charge in [0.1, 0.15) is 5.82 Å². The van der Waals surface area contributed by atoms with Gasteiger partial charge in [-0.15, -0.1) is 0 Å². The highest BCUT2D eigenvalue weighted by Crippen LogP contribution is 2.19. The molecule has 0 aliphatic carbocycles. The number of halogens is 1. The van der Waals surface area contributed by atoms with Gasteiger partial charge >= 0.3 is 0 Å². The van der Waals surface area contributed by atoms with Gasteiger partial charge in [-0.3, -0.25) is 4.79 Å². The monoisotopic (exact) mass is 278 g/mol. The first-order valence-corrected chi connectivity index (χ1v) is 6.78. The van der Waals surface area contributed by atoms with Crippen molar-refractivity contribution < 1.29 is 14.0 Å². The van der Waals surface area contributed by atoms with Crippen molar-refractivity contribution in [3.05, 3.63) is 35.6 Å². The molecular weight excluding hydrogens is 259 g/mol. The molecule has 0 fully saturated rings. The van der Waals surface area contributed by atoms with Crippen LogP contribution in [0.25, 0.3) is 0 Å². The van der Waals surface area contributed by atoms with E-state index in [0.717, 1.165) is 6.42 Å². The fourth-order valence-corrected chi connectivity index (χ4v) is 2.07. The van der Waals surface area contributed by atoms with Crippen LogP contribution < -0.4 is 0 Å². The second-order valence-electron chi connectivity index (χ2n) is 5.05. The summed E-state index contributed by atoms with van der Waals surface area (Å²) in [4.78, 5) is 19.1. The molecule has 1 heterocycles. The summed E-state index contributed by atoms with van der Waals surface area (Å²) in [5.41, 5.74) is 1.27. The number of carbonyl (C=O) groups excluding carboxylic acids is 1. The number of likely N-dealkylation sites (N-methyl/N-ethyl adjacent to an activating group) is 1. The predicted octanol–water partition coefficient (Wildman–Crippen LogP) is 2.58. The minimum atomic E-state index is -0.604. The van der Waals surface area contributed by atoms with Crippen molar-refractivity contribution in [1.29, 1.82) is 0 Å². The Morgan fingerprint density at radius 1 is 1.60 bits per heavy atom. The Balaban J connectivity index is 2.03. The van der Waals surface area contributed by atoms with Crippen molar-refractivity contribution in [3.63, 3.8) is 0 Å². The summed E-state index contributed by atoms with van der Waals surface area (Å²) < 4.78 is 13.2. The van der Waals surface area contributed by atoms with Gasteiger partial charge in [-0.25, -0.2) is 4.39 Å². The molecule has 0 aromatic heterocycles. The first-order valence-electron chi connectivity index (χ1n) is 6.78. The standard InChI is InChI=1S/C15H19FN2O2/c1-4-10(2)18(3)15(19)14-9-13(17-20-14)11-6-5-7-12(16)8-11/h5-8,10,14H,4,9H2,1-3H3/t10-,14+/m0/s1. The van der Waals surface area contributed by atoms with E-state index in [1.54, 1.807) is 24.1 Å². The summed E-state index contributed by atoms with van der Waals surface area (Å²) in [6.07, 6.45) is 0.655. The maximum absolute atomic E-state index is 13.2. The van der Waals surface area contributed by atoms with Crippen molar-refractivity contribution in [3.8, 4) is 0 Å². The normalized spacial score (nSPS) is 19.2. The number of amides is 1. The summed E-state index contributed by atoms with van der Waals surface area (Å²) in [6, 6.07) is 6.31. The molecule has 0 N–H and O–H groups in total. The molecule has 0 saturated carbocycles. The van der Waals surface area contributed by atoms with Crippen LogP contribution in [-0.2, 0) is 9.63 Å². The van der Waals surface area contributed by atoms with E-state index in [4.69, 9.17) is 4.84 Å². The fraction of sp³-hybridized carbons (Fsp3) is 0.467. The lowest BCUT2D eigenvalue weighted by atomic mass is 10.0. The highest BCUT2D eigenvalue weighted by molar-refractivity contribution is 6.04. The second kappa shape index (κ2) is 6.03. The molecule has 1 aliphatic heterocycles. The highest BCUT2D eigenvalue weighted by atomic mass is 19.1. The average molecular weight is 278 g/mol. The molecule has 4 nitrogen and oxygen atoms in total. The number of hydrogen-bond donors (Lipinski definition) is 0. The summed E-state index contributed by atoms with van der Waals surface area (Å²) in [5.74, 6) is -0.411. The van der Waals surface area contributed by atoms with Crippen molar-refractivity contribution in [2.24, 2.45) is 5.16 Å². The Hall–Kier alpha value is -1.91. The van der Waals surface area contributed by atoms with Gasteiger partial charge in [0, 0.05) is 25.1 Å². The van der Waals surface area contributed by atoms with Gasteiger partial charge in [0.25, 0.3) is 5.91 Å². The smallest absolute Gasteiger partial charge is 0.266 e. The first-order chi connectivity index (χ1) is 9.52. The maximum Gasteiger partial charge on any atom is 0.266 e. The number of benzene rings is 1. The molecule has 0 saturated heterocycles. The average Bonchev–Trinajstić information content (AvgIpc) is 2.94. The minimum Gasteiger partial charge on any atom is -0.382 e. The second-order valence-corrected chi connectivity index (χ2v) is 5.05. The van der Waals surface area contributed by atoms with E-state index in [9.17, 15) is 9.18 Å². The molecule has 0 spiro atoms. The van der Waals surface area contributed by atoms with E-state index < -0.39 is 6.10 Å². The number of hydrogen-bond acceptors (Lipinski definition) is 3. The molecule has 1 aromatic carbocycles. The number of oxime groups is 1. The number of nitrogens with zero attached hydrogens (tertiary/aromatic N) is 2. The van der Waals surface area contributed by atoms with Crippen LogP contribution in [0.4, 0.5) is 4.39 Å². The largest absolute Gasteiger partial charge is 0.382 e. The molecule has 1 amide bonds. The van der Waals surface area contributed by atoms with Crippen LogP contribution in [0.1, 0.15) is 32.3 Å². The van der Waals surface area contributed by atoms with E-state index in [-0.39, 0.29) is 17.8 Å². The molecule has 0 radical (unpaired) electrons. The van der Waals surface area contributed by atoms with E-state index in [0.29, 0.717) is 17.7 Å². The zero-order valence-corrected chi connectivity index (χ0v) is 12.0. The van der Waals surface area contributed by atoms with Crippen LogP contribution in [0, 0.1) is 5.82 Å². The molecule has 108 valence electrons. The van der Waals surface area contributed by atoms with Gasteiger partial charge in [0.05, 0.1) is 5.71 Å². The van der Waals surface area contributed by atoms with Crippen LogP contribution in [0.15, 0.2) is 29.4 Å². The summed E-state index contributed by atoms with van der Waals surface area (Å²) >= 11 is 0. The van der Waals surface area contributed by atoms with Crippen molar-refractivity contribution in [2.75, 3.05) is 7.05 Å². The van der Waals surface area contributed by atoms with Crippen LogP contribution in [-0.4, -0.2) is 35.7 Å². The van der Waals surface area contributed by atoms with E-state index in [2.05, 4.69) is 5.16 Å². The molecule has 20 heavy (non-hydrogen) atoms. The molecule has 0 bridgehead atoms. The number of carbonyl (C=O) groups is 1. The zero-order valence-electron chi connectivity index (χ0n) is 12.0. The Kier molecular flexibility index (Phi) is 4.37. The third kappa shape index (κ3) is 2.98. The maximum atomic E-state index is 13.2. The van der Waals surface area contributed by atoms with Crippen LogP contribution in [0.3, 0.4) is 0 Å². The van der Waals surface area contributed by atoms with Gasteiger partial charge in [0.15, 0.2) is 0 Å². The Bertz CT molecular complexity index is 530. The highest BCUT2D eigenvalue weighted by Gasteiger charge is 2.32. The molecule has 2 atom stereocenters. The molecule has 0 unspecified atom stereocenters. The van der Waals surface area contributed by atoms with Gasteiger partial charge < -0.3 is 9.74 Å². The Morgan fingerprint density at radius 3 is 3.00 bits per heavy atom.